The van der Waals surface area contributed by atoms with Crippen molar-refractivity contribution in [2.45, 2.75) is 19.3 Å². The molecule has 1 saturated carbocycles. The molecule has 3 fully saturated rings. The minimum absolute atomic E-state index is 0.0809. The van der Waals surface area contributed by atoms with E-state index < -0.39 is 35.5 Å². The first-order valence-corrected chi connectivity index (χ1v) is 21.6. The number of hydrogen-bond donors (Lipinski definition) is 1. The molecular weight excluding hydrogens is 821 g/mol. The lowest BCUT2D eigenvalue weighted by Gasteiger charge is -2.45. The van der Waals surface area contributed by atoms with Crippen LogP contribution in [0.4, 0.5) is 45.5 Å². The fourth-order valence-corrected chi connectivity index (χ4v) is 10.1. The molecular formula is C51H46N8O6. The van der Waals surface area contributed by atoms with Gasteiger partial charge in [-0.25, -0.2) is 0 Å². The van der Waals surface area contributed by atoms with Gasteiger partial charge in [-0.05, 0) is 140 Å². The number of amides is 4. The van der Waals surface area contributed by atoms with E-state index in [4.69, 9.17) is 4.74 Å². The van der Waals surface area contributed by atoms with Gasteiger partial charge in [-0.3, -0.25) is 29.0 Å². The molecule has 0 aromatic heterocycles. The third kappa shape index (κ3) is 7.43. The van der Waals surface area contributed by atoms with Gasteiger partial charge in [0.25, 0.3) is 0 Å². The number of allylic oxidation sites excluding steroid dienone is 3. The van der Waals surface area contributed by atoms with Crippen LogP contribution in [0.5, 0.6) is 11.5 Å². The maximum Gasteiger partial charge on any atom is 0.238 e. The maximum atomic E-state index is 14.8. The number of phenols is 1. The SMILES string of the molecule is CN(C)c1ccc(N=Nc2ccc(N3C(=O)[C@H]4[C@H](CC=C5[C@H](C6=COc7ccc(O)cc7C6)[C@@H]6C(=O)N(c7ccc(N=Nc8ccc(N(C)C)cc8)cc7)C(=O)[C@@H]6C[C@H]54)C3=O)cc2)cc1. The van der Waals surface area contributed by atoms with E-state index in [1.807, 2.05) is 92.6 Å². The molecule has 3 aliphatic heterocycles. The highest BCUT2D eigenvalue weighted by molar-refractivity contribution is 6.24. The van der Waals surface area contributed by atoms with Crippen molar-refractivity contribution in [3.8, 4) is 11.5 Å². The fourth-order valence-electron chi connectivity index (χ4n) is 10.1. The quantitative estimate of drug-likeness (QED) is 0.0871. The molecule has 5 aromatic rings. The molecule has 1 N–H and O–H groups in total. The minimum atomic E-state index is -0.782. The summed E-state index contributed by atoms with van der Waals surface area (Å²) in [6.07, 6.45) is 4.55. The largest absolute Gasteiger partial charge is 0.508 e. The molecule has 2 saturated heterocycles. The lowest BCUT2D eigenvalue weighted by Crippen LogP contribution is -2.45. The lowest BCUT2D eigenvalue weighted by atomic mass is 9.56. The van der Waals surface area contributed by atoms with E-state index in [1.165, 1.54) is 9.80 Å². The van der Waals surface area contributed by atoms with Crippen molar-refractivity contribution in [2.24, 2.45) is 56.0 Å². The van der Waals surface area contributed by atoms with Crippen molar-refractivity contribution >= 4 is 69.1 Å². The molecule has 14 nitrogen and oxygen atoms in total. The third-order valence-electron chi connectivity index (χ3n) is 13.3. The van der Waals surface area contributed by atoms with Gasteiger partial charge in [-0.15, -0.1) is 0 Å². The second kappa shape index (κ2) is 16.4. The molecule has 0 bridgehead atoms. The van der Waals surface area contributed by atoms with Crippen LogP contribution in [-0.2, 0) is 25.6 Å². The van der Waals surface area contributed by atoms with Gasteiger partial charge in [0.05, 0.1) is 64.1 Å². The maximum absolute atomic E-state index is 14.8. The third-order valence-corrected chi connectivity index (χ3v) is 13.3. The number of rotatable bonds is 9. The Morgan fingerprint density at radius 3 is 1.55 bits per heavy atom. The number of ether oxygens (including phenoxy) is 1. The molecule has 5 aliphatic rings. The number of carbonyl (C=O) groups is 4. The average molecular weight is 867 g/mol. The number of carbonyl (C=O) groups excluding carboxylic acids is 4. The number of aromatic hydroxyl groups is 1. The summed E-state index contributed by atoms with van der Waals surface area (Å²) < 4.78 is 6.12. The van der Waals surface area contributed by atoms with Gasteiger partial charge >= 0.3 is 0 Å². The van der Waals surface area contributed by atoms with E-state index in [0.717, 1.165) is 28.1 Å². The molecule has 0 unspecified atom stereocenters. The van der Waals surface area contributed by atoms with E-state index in [2.05, 4.69) is 20.5 Å². The van der Waals surface area contributed by atoms with Crippen LogP contribution >= 0.6 is 0 Å². The highest BCUT2D eigenvalue weighted by atomic mass is 16.5. The Hall–Kier alpha value is -7.74. The standard InChI is InChI=1S/C51H46N8O6/c1-56(2)35-13-5-31(6-14-35)52-54-33-9-17-37(18-10-33)58-48(61)41-23-22-40-42(46(41)50(58)63)27-43-47(45(40)30-25-29-26-39(60)21-24-44(29)65-28-30)51(64)59(49(43)62)38-19-11-34(12-20-38)55-53-32-7-15-36(16-8-32)57(3)4/h5-22,24,26,28,41-43,45-47,60H,23,25,27H2,1-4H3/t41-,42+,43+,45-,46-,47+/m0/s1. The first kappa shape index (κ1) is 41.3. The Labute approximate surface area is 375 Å². The second-order valence-corrected chi connectivity index (χ2v) is 17.6. The van der Waals surface area contributed by atoms with Crippen LogP contribution in [0.15, 0.2) is 159 Å². The van der Waals surface area contributed by atoms with E-state index in [1.54, 1.807) is 73.0 Å². The van der Waals surface area contributed by atoms with Crippen LogP contribution in [0.25, 0.3) is 0 Å². The topological polar surface area (TPSA) is 160 Å². The molecule has 65 heavy (non-hydrogen) atoms. The first-order valence-electron chi connectivity index (χ1n) is 21.6. The van der Waals surface area contributed by atoms with Gasteiger partial charge < -0.3 is 19.6 Å². The molecule has 0 spiro atoms. The van der Waals surface area contributed by atoms with E-state index >= 15 is 0 Å². The molecule has 0 radical (unpaired) electrons. The minimum Gasteiger partial charge on any atom is -0.508 e. The summed E-state index contributed by atoms with van der Waals surface area (Å²) in [6.45, 7) is 0. The fraction of sp³-hybridized carbons (Fsp3) is 0.255. The normalized spacial score (nSPS) is 23.5. The molecule has 5 aromatic carbocycles. The Balaban J connectivity index is 0.932. The molecule has 10 rings (SSSR count). The number of fused-ring (bicyclic) bond motifs is 5. The Kier molecular flexibility index (Phi) is 10.4. The van der Waals surface area contributed by atoms with Crippen molar-refractivity contribution in [2.75, 3.05) is 47.8 Å². The zero-order chi connectivity index (χ0) is 45.1. The molecule has 4 amide bonds. The van der Waals surface area contributed by atoms with E-state index in [0.29, 0.717) is 52.7 Å². The predicted molar refractivity (Wildman–Crippen MR) is 247 cm³/mol. The number of phenolic OH excluding ortho intramolecular Hbond substituents is 1. The zero-order valence-electron chi connectivity index (χ0n) is 36.3. The number of benzene rings is 5. The Bertz CT molecular complexity index is 2850. The van der Waals surface area contributed by atoms with Crippen molar-refractivity contribution in [3.05, 3.63) is 144 Å². The number of imide groups is 2. The first-order chi connectivity index (χ1) is 31.4. The van der Waals surface area contributed by atoms with Gasteiger partial charge in [0.2, 0.25) is 23.6 Å². The summed E-state index contributed by atoms with van der Waals surface area (Å²) >= 11 is 0. The number of azo groups is 2. The van der Waals surface area contributed by atoms with E-state index in [-0.39, 0.29) is 35.8 Å². The molecule has 2 aliphatic carbocycles. The van der Waals surface area contributed by atoms with Crippen LogP contribution in [-0.4, -0.2) is 56.9 Å². The number of anilines is 4. The highest BCUT2D eigenvalue weighted by Crippen LogP contribution is 2.58. The second-order valence-electron chi connectivity index (χ2n) is 17.6. The average Bonchev–Trinajstić information content (AvgIpc) is 3.72. The summed E-state index contributed by atoms with van der Waals surface area (Å²) in [5, 5.41) is 27.9. The summed E-state index contributed by atoms with van der Waals surface area (Å²) in [5.74, 6) is -4.68. The summed E-state index contributed by atoms with van der Waals surface area (Å²) in [6, 6.07) is 33.9. The summed E-state index contributed by atoms with van der Waals surface area (Å²) in [5.41, 5.74) is 7.76. The van der Waals surface area contributed by atoms with Crippen LogP contribution in [0.3, 0.4) is 0 Å². The van der Waals surface area contributed by atoms with Crippen LogP contribution in [0, 0.1) is 35.5 Å². The van der Waals surface area contributed by atoms with Crippen molar-refractivity contribution < 1.29 is 29.0 Å². The highest BCUT2D eigenvalue weighted by Gasteiger charge is 2.62. The van der Waals surface area contributed by atoms with Gasteiger partial charge in [-0.1, -0.05) is 11.6 Å². The summed E-state index contributed by atoms with van der Waals surface area (Å²) in [4.78, 5) is 64.9. The summed E-state index contributed by atoms with van der Waals surface area (Å²) in [7, 11) is 7.86. The van der Waals surface area contributed by atoms with Crippen molar-refractivity contribution in [3.63, 3.8) is 0 Å². The van der Waals surface area contributed by atoms with E-state index in [9.17, 15) is 24.3 Å². The van der Waals surface area contributed by atoms with Gasteiger partial charge in [0, 0.05) is 57.5 Å². The van der Waals surface area contributed by atoms with Crippen molar-refractivity contribution in [1.82, 2.24) is 0 Å². The lowest BCUT2D eigenvalue weighted by molar-refractivity contribution is -0.126. The van der Waals surface area contributed by atoms with Gasteiger partial charge in [0.1, 0.15) is 11.5 Å². The van der Waals surface area contributed by atoms with Crippen LogP contribution in [0.2, 0.25) is 0 Å². The monoisotopic (exact) mass is 866 g/mol. The Morgan fingerprint density at radius 2 is 1.05 bits per heavy atom. The molecule has 14 heteroatoms. The van der Waals surface area contributed by atoms with Crippen molar-refractivity contribution in [1.29, 1.82) is 0 Å². The predicted octanol–water partition coefficient (Wildman–Crippen LogP) is 9.75. The molecule has 6 atom stereocenters. The molecule has 3 heterocycles. The van der Waals surface area contributed by atoms with Crippen LogP contribution in [0.1, 0.15) is 18.4 Å². The van der Waals surface area contributed by atoms with Gasteiger partial charge in [0.15, 0.2) is 0 Å². The smallest absolute Gasteiger partial charge is 0.238 e. The number of nitrogens with zero attached hydrogens (tertiary/aromatic N) is 8. The number of hydrogen-bond acceptors (Lipinski definition) is 12. The van der Waals surface area contributed by atoms with Gasteiger partial charge in [-0.2, -0.15) is 20.5 Å². The molecule has 326 valence electrons. The van der Waals surface area contributed by atoms with Crippen LogP contribution < -0.4 is 24.3 Å². The Morgan fingerprint density at radius 1 is 0.569 bits per heavy atom. The zero-order valence-corrected chi connectivity index (χ0v) is 36.3.